The monoisotopic (exact) mass is 479 g/mol. The molecule has 0 radical (unpaired) electrons. The Hall–Kier alpha value is -2.13. The Kier molecular flexibility index (Phi) is 7.43. The van der Waals surface area contributed by atoms with Crippen LogP contribution in [0.1, 0.15) is 75.7 Å². The number of benzene rings is 1. The van der Waals surface area contributed by atoms with Gasteiger partial charge >= 0.3 is 0 Å². The first kappa shape index (κ1) is 25.5. The van der Waals surface area contributed by atoms with Gasteiger partial charge in [0.15, 0.2) is 5.60 Å². The van der Waals surface area contributed by atoms with Crippen LogP contribution in [0.15, 0.2) is 12.1 Å². The van der Waals surface area contributed by atoms with Gasteiger partial charge in [0.2, 0.25) is 10.0 Å². The molecular formula is C24H37N3O5S. The molecule has 0 bridgehead atoms. The fourth-order valence-electron chi connectivity index (χ4n) is 4.83. The molecule has 1 N–H and O–H groups in total. The molecule has 184 valence electrons. The summed E-state index contributed by atoms with van der Waals surface area (Å²) in [7, 11) is -3.39. The Morgan fingerprint density at radius 2 is 1.88 bits per heavy atom. The van der Waals surface area contributed by atoms with E-state index in [1.807, 2.05) is 31.7 Å². The lowest BCUT2D eigenvalue weighted by atomic mass is 9.92. The van der Waals surface area contributed by atoms with Gasteiger partial charge < -0.3 is 14.5 Å². The minimum atomic E-state index is -3.39. The number of aryl methyl sites for hydroxylation is 1. The van der Waals surface area contributed by atoms with Crippen molar-refractivity contribution in [2.24, 2.45) is 0 Å². The highest BCUT2D eigenvalue weighted by atomic mass is 32.2. The van der Waals surface area contributed by atoms with Crippen molar-refractivity contribution in [1.29, 1.82) is 0 Å². The van der Waals surface area contributed by atoms with Gasteiger partial charge in [-0.25, -0.2) is 13.1 Å². The third-order valence-electron chi connectivity index (χ3n) is 6.41. The summed E-state index contributed by atoms with van der Waals surface area (Å²) < 4.78 is 31.5. The van der Waals surface area contributed by atoms with Crippen LogP contribution >= 0.6 is 0 Å². The molecule has 2 amide bonds. The summed E-state index contributed by atoms with van der Waals surface area (Å²) in [6, 6.07) is 3.82. The maximum atomic E-state index is 13.7. The van der Waals surface area contributed by atoms with Crippen molar-refractivity contribution < 1.29 is 22.7 Å². The van der Waals surface area contributed by atoms with E-state index in [0.717, 1.165) is 37.5 Å². The number of ether oxygens (including phenoxy) is 1. The summed E-state index contributed by atoms with van der Waals surface area (Å²) in [5.74, 6) is 0.200. The van der Waals surface area contributed by atoms with Gasteiger partial charge in [-0.1, -0.05) is 19.3 Å². The van der Waals surface area contributed by atoms with Crippen molar-refractivity contribution in [3.05, 3.63) is 23.3 Å². The SMILES string of the molecule is Cc1cc2c(cc1C(=O)N(C(C)C)C1CCCCC1)N(CCNS(C)(=O)=O)C(=O)C(C)(C)O2. The molecule has 0 atom stereocenters. The lowest BCUT2D eigenvalue weighted by molar-refractivity contribution is -0.132. The highest BCUT2D eigenvalue weighted by Crippen LogP contribution is 2.40. The Morgan fingerprint density at radius 3 is 2.45 bits per heavy atom. The number of hydrogen-bond acceptors (Lipinski definition) is 5. The van der Waals surface area contributed by atoms with Gasteiger partial charge in [-0.3, -0.25) is 9.59 Å². The second-order valence-corrected chi connectivity index (χ2v) is 11.8. The van der Waals surface area contributed by atoms with E-state index < -0.39 is 15.6 Å². The fourth-order valence-corrected chi connectivity index (χ4v) is 5.29. The molecule has 2 aliphatic rings. The predicted molar refractivity (Wildman–Crippen MR) is 129 cm³/mol. The highest BCUT2D eigenvalue weighted by molar-refractivity contribution is 7.88. The zero-order valence-electron chi connectivity index (χ0n) is 20.6. The quantitative estimate of drug-likeness (QED) is 0.648. The van der Waals surface area contributed by atoms with Crippen molar-refractivity contribution in [3.63, 3.8) is 0 Å². The van der Waals surface area contributed by atoms with Crippen molar-refractivity contribution >= 4 is 27.5 Å². The van der Waals surface area contributed by atoms with E-state index >= 15 is 0 Å². The number of rotatable bonds is 7. The molecule has 3 rings (SSSR count). The topological polar surface area (TPSA) is 96.0 Å². The summed E-state index contributed by atoms with van der Waals surface area (Å²) in [5, 5.41) is 0. The van der Waals surface area contributed by atoms with Crippen LogP contribution in [-0.2, 0) is 14.8 Å². The second-order valence-electron chi connectivity index (χ2n) is 9.97. The van der Waals surface area contributed by atoms with Crippen LogP contribution in [-0.4, -0.2) is 62.2 Å². The summed E-state index contributed by atoms with van der Waals surface area (Å²) >= 11 is 0. The van der Waals surface area contributed by atoms with Gasteiger partial charge in [-0.15, -0.1) is 0 Å². The number of carbonyl (C=O) groups is 2. The first-order valence-corrected chi connectivity index (χ1v) is 13.6. The zero-order valence-corrected chi connectivity index (χ0v) is 21.4. The van der Waals surface area contributed by atoms with Crippen LogP contribution in [0, 0.1) is 6.92 Å². The summed E-state index contributed by atoms with van der Waals surface area (Å²) in [6.07, 6.45) is 6.56. The zero-order chi connectivity index (χ0) is 24.6. The van der Waals surface area contributed by atoms with Crippen LogP contribution in [0.4, 0.5) is 5.69 Å². The molecule has 1 aliphatic heterocycles. The number of carbonyl (C=O) groups excluding carboxylic acids is 2. The number of nitrogens with one attached hydrogen (secondary N) is 1. The van der Waals surface area contributed by atoms with Crippen LogP contribution < -0.4 is 14.4 Å². The van der Waals surface area contributed by atoms with E-state index in [9.17, 15) is 18.0 Å². The Labute approximate surface area is 197 Å². The molecule has 1 saturated carbocycles. The number of fused-ring (bicyclic) bond motifs is 1. The number of nitrogens with zero attached hydrogens (tertiary/aromatic N) is 2. The van der Waals surface area contributed by atoms with E-state index in [0.29, 0.717) is 17.0 Å². The molecule has 0 aromatic heterocycles. The first-order chi connectivity index (χ1) is 15.3. The predicted octanol–water partition coefficient (Wildman–Crippen LogP) is 3.23. The molecule has 0 unspecified atom stereocenters. The largest absolute Gasteiger partial charge is 0.476 e. The second kappa shape index (κ2) is 9.62. The van der Waals surface area contributed by atoms with E-state index in [4.69, 9.17) is 4.74 Å². The standard InChI is InChI=1S/C24H37N3O5S/c1-16(2)27(18-10-8-7-9-11-18)22(28)19-15-20-21(14-17(19)3)32-24(4,5)23(29)26(20)13-12-25-33(6,30)31/h14-16,18,25H,7-13H2,1-6H3. The molecule has 8 nitrogen and oxygen atoms in total. The fraction of sp³-hybridized carbons (Fsp3) is 0.667. The van der Waals surface area contributed by atoms with Crippen LogP contribution in [0.25, 0.3) is 0 Å². The molecule has 0 saturated heterocycles. The summed E-state index contributed by atoms with van der Waals surface area (Å²) in [5.41, 5.74) is 0.739. The molecule has 1 heterocycles. The summed E-state index contributed by atoms with van der Waals surface area (Å²) in [4.78, 5) is 30.4. The van der Waals surface area contributed by atoms with Crippen LogP contribution in [0.3, 0.4) is 0 Å². The molecule has 1 aromatic rings. The van der Waals surface area contributed by atoms with E-state index in [2.05, 4.69) is 4.72 Å². The van der Waals surface area contributed by atoms with Gasteiger partial charge in [-0.05, 0) is 65.2 Å². The molecule has 1 aromatic carbocycles. The van der Waals surface area contributed by atoms with E-state index in [1.54, 1.807) is 19.9 Å². The Bertz CT molecular complexity index is 1010. The minimum absolute atomic E-state index is 0.0382. The molecule has 33 heavy (non-hydrogen) atoms. The normalized spacial score (nSPS) is 18.8. The van der Waals surface area contributed by atoms with Crippen molar-refractivity contribution in [1.82, 2.24) is 9.62 Å². The van der Waals surface area contributed by atoms with Gasteiger partial charge in [0, 0.05) is 30.7 Å². The third-order valence-corrected chi connectivity index (χ3v) is 7.14. The van der Waals surface area contributed by atoms with Crippen molar-refractivity contribution in [2.45, 2.75) is 84.4 Å². The highest BCUT2D eigenvalue weighted by Gasteiger charge is 2.41. The summed E-state index contributed by atoms with van der Waals surface area (Å²) in [6.45, 7) is 9.54. The smallest absolute Gasteiger partial charge is 0.270 e. The molecule has 1 aliphatic carbocycles. The number of sulfonamides is 1. The van der Waals surface area contributed by atoms with Crippen molar-refractivity contribution in [3.8, 4) is 5.75 Å². The number of hydrogen-bond donors (Lipinski definition) is 1. The van der Waals surface area contributed by atoms with Gasteiger partial charge in [0.25, 0.3) is 11.8 Å². The molecule has 1 fully saturated rings. The van der Waals surface area contributed by atoms with E-state index in [1.165, 1.54) is 11.3 Å². The average molecular weight is 480 g/mol. The maximum Gasteiger partial charge on any atom is 0.270 e. The van der Waals surface area contributed by atoms with Gasteiger partial charge in [-0.2, -0.15) is 0 Å². The Balaban J connectivity index is 1.99. The lowest BCUT2D eigenvalue weighted by Gasteiger charge is -2.40. The maximum absolute atomic E-state index is 13.7. The minimum Gasteiger partial charge on any atom is -0.476 e. The van der Waals surface area contributed by atoms with E-state index in [-0.39, 0.29) is 37.0 Å². The third kappa shape index (κ3) is 5.69. The Morgan fingerprint density at radius 1 is 1.24 bits per heavy atom. The molecular weight excluding hydrogens is 442 g/mol. The van der Waals surface area contributed by atoms with Gasteiger partial charge in [0.05, 0.1) is 11.9 Å². The van der Waals surface area contributed by atoms with Crippen molar-refractivity contribution in [2.75, 3.05) is 24.2 Å². The molecule has 0 spiro atoms. The van der Waals surface area contributed by atoms with Gasteiger partial charge in [0.1, 0.15) is 5.75 Å². The lowest BCUT2D eigenvalue weighted by Crippen LogP contribution is -2.54. The average Bonchev–Trinajstić information content (AvgIpc) is 2.70. The number of anilines is 1. The van der Waals surface area contributed by atoms with Crippen LogP contribution in [0.5, 0.6) is 5.75 Å². The van der Waals surface area contributed by atoms with Crippen LogP contribution in [0.2, 0.25) is 0 Å². The first-order valence-electron chi connectivity index (χ1n) is 11.7. The molecule has 9 heteroatoms. The number of amides is 2.